The van der Waals surface area contributed by atoms with Gasteiger partial charge in [0.25, 0.3) is 0 Å². The molecule has 1 aliphatic rings. The fourth-order valence-electron chi connectivity index (χ4n) is 2.28. The van der Waals surface area contributed by atoms with Crippen LogP contribution in [0.3, 0.4) is 0 Å². The Kier molecular flexibility index (Phi) is 4.33. The second kappa shape index (κ2) is 5.72. The molecule has 0 spiro atoms. The van der Waals surface area contributed by atoms with Crippen molar-refractivity contribution in [1.82, 2.24) is 0 Å². The normalized spacial score (nSPS) is 19.0. The SMILES string of the molecule is O=C(O)c1cc(Br)cc(N2CC(CS(=O)(=O)F)CC2=O)c1. The molecule has 1 aromatic rings. The lowest BCUT2D eigenvalue weighted by Gasteiger charge is -2.17. The van der Waals surface area contributed by atoms with Crippen molar-refractivity contribution in [2.24, 2.45) is 5.92 Å². The number of aromatic carboxylic acids is 1. The van der Waals surface area contributed by atoms with Gasteiger partial charge in [-0.05, 0) is 18.2 Å². The maximum Gasteiger partial charge on any atom is 0.335 e. The maximum absolute atomic E-state index is 12.7. The van der Waals surface area contributed by atoms with Gasteiger partial charge in [0.1, 0.15) is 0 Å². The van der Waals surface area contributed by atoms with Crippen LogP contribution in [0.15, 0.2) is 22.7 Å². The van der Waals surface area contributed by atoms with Gasteiger partial charge in [-0.3, -0.25) is 4.79 Å². The van der Waals surface area contributed by atoms with Crippen LogP contribution in [-0.4, -0.2) is 37.7 Å². The van der Waals surface area contributed by atoms with E-state index in [1.54, 1.807) is 6.07 Å². The molecule has 21 heavy (non-hydrogen) atoms. The van der Waals surface area contributed by atoms with Crippen molar-refractivity contribution in [2.75, 3.05) is 17.2 Å². The van der Waals surface area contributed by atoms with Crippen molar-refractivity contribution in [1.29, 1.82) is 0 Å². The molecule has 0 saturated carbocycles. The first-order valence-corrected chi connectivity index (χ1v) is 8.27. The molecule has 0 radical (unpaired) electrons. The molecule has 114 valence electrons. The van der Waals surface area contributed by atoms with E-state index in [2.05, 4.69) is 15.9 Å². The van der Waals surface area contributed by atoms with E-state index in [4.69, 9.17) is 5.11 Å². The second-order valence-corrected chi connectivity index (χ2v) is 7.11. The monoisotopic (exact) mass is 379 g/mol. The topological polar surface area (TPSA) is 91.8 Å². The highest BCUT2D eigenvalue weighted by molar-refractivity contribution is 9.10. The first kappa shape index (κ1) is 15.9. The van der Waals surface area contributed by atoms with Crippen molar-refractivity contribution in [3.8, 4) is 0 Å². The summed E-state index contributed by atoms with van der Waals surface area (Å²) in [4.78, 5) is 24.2. The summed E-state index contributed by atoms with van der Waals surface area (Å²) in [7, 11) is -4.65. The second-order valence-electron chi connectivity index (χ2n) is 4.78. The van der Waals surface area contributed by atoms with Crippen molar-refractivity contribution < 1.29 is 27.0 Å². The zero-order valence-electron chi connectivity index (χ0n) is 10.6. The maximum atomic E-state index is 12.7. The Morgan fingerprint density at radius 1 is 1.43 bits per heavy atom. The summed E-state index contributed by atoms with van der Waals surface area (Å²) < 4.78 is 34.5. The Hall–Kier alpha value is -1.48. The van der Waals surface area contributed by atoms with Crippen LogP contribution >= 0.6 is 15.9 Å². The molecule has 1 aromatic carbocycles. The third-order valence-electron chi connectivity index (χ3n) is 3.08. The van der Waals surface area contributed by atoms with Gasteiger partial charge in [0.2, 0.25) is 5.91 Å². The number of nitrogens with zero attached hydrogens (tertiary/aromatic N) is 1. The Labute approximate surface area is 128 Å². The number of anilines is 1. The molecule has 1 fully saturated rings. The van der Waals surface area contributed by atoms with Crippen molar-refractivity contribution in [3.05, 3.63) is 28.2 Å². The highest BCUT2D eigenvalue weighted by Gasteiger charge is 2.34. The van der Waals surface area contributed by atoms with E-state index in [1.807, 2.05) is 0 Å². The van der Waals surface area contributed by atoms with Crippen LogP contribution in [0.5, 0.6) is 0 Å². The Bertz CT molecular complexity index is 706. The largest absolute Gasteiger partial charge is 0.478 e. The molecule has 1 atom stereocenters. The average molecular weight is 380 g/mol. The van der Waals surface area contributed by atoms with Crippen LogP contribution in [0.25, 0.3) is 0 Å². The predicted octanol–water partition coefficient (Wildman–Crippen LogP) is 1.80. The molecule has 0 aromatic heterocycles. The van der Waals surface area contributed by atoms with E-state index in [9.17, 15) is 21.9 Å². The number of halogens is 2. The molecule has 1 saturated heterocycles. The van der Waals surface area contributed by atoms with Gasteiger partial charge in [-0.25, -0.2) is 4.79 Å². The van der Waals surface area contributed by atoms with E-state index in [0.29, 0.717) is 10.2 Å². The average Bonchev–Trinajstić information content (AvgIpc) is 2.66. The van der Waals surface area contributed by atoms with Crippen LogP contribution in [0.2, 0.25) is 0 Å². The zero-order chi connectivity index (χ0) is 15.8. The number of carboxylic acid groups (broad SMARTS) is 1. The highest BCUT2D eigenvalue weighted by Crippen LogP contribution is 2.29. The molecule has 1 heterocycles. The van der Waals surface area contributed by atoms with Crippen LogP contribution in [0.4, 0.5) is 9.57 Å². The number of amides is 1. The molecule has 1 N–H and O–H groups in total. The van der Waals surface area contributed by atoms with Gasteiger partial charge in [-0.15, -0.1) is 3.89 Å². The smallest absolute Gasteiger partial charge is 0.335 e. The quantitative estimate of drug-likeness (QED) is 0.805. The fraction of sp³-hybridized carbons (Fsp3) is 0.333. The van der Waals surface area contributed by atoms with Gasteiger partial charge in [0, 0.05) is 29.0 Å². The van der Waals surface area contributed by atoms with E-state index >= 15 is 0 Å². The number of rotatable bonds is 4. The van der Waals surface area contributed by atoms with Crippen LogP contribution < -0.4 is 4.90 Å². The summed E-state index contributed by atoms with van der Waals surface area (Å²) in [6.07, 6.45) is -0.0852. The molecule has 9 heteroatoms. The van der Waals surface area contributed by atoms with Gasteiger partial charge < -0.3 is 10.0 Å². The minimum absolute atomic E-state index is 0.00580. The third kappa shape index (κ3) is 4.01. The highest BCUT2D eigenvalue weighted by atomic mass is 79.9. The molecule has 0 bridgehead atoms. The summed E-state index contributed by atoms with van der Waals surface area (Å²) in [5.74, 6) is -2.86. The number of carbonyl (C=O) groups excluding carboxylic acids is 1. The molecule has 2 rings (SSSR count). The van der Waals surface area contributed by atoms with Crippen molar-refractivity contribution in [3.63, 3.8) is 0 Å². The Morgan fingerprint density at radius 2 is 2.10 bits per heavy atom. The van der Waals surface area contributed by atoms with Gasteiger partial charge >= 0.3 is 16.2 Å². The minimum atomic E-state index is -4.65. The lowest BCUT2D eigenvalue weighted by atomic mass is 10.1. The zero-order valence-corrected chi connectivity index (χ0v) is 13.0. The van der Waals surface area contributed by atoms with Crippen molar-refractivity contribution >= 4 is 43.7 Å². The lowest BCUT2D eigenvalue weighted by Crippen LogP contribution is -2.25. The molecule has 1 unspecified atom stereocenters. The molecule has 0 aliphatic carbocycles. The molecular weight excluding hydrogens is 369 g/mol. The standard InChI is InChI=1S/C12H11BrFNO5S/c13-9-2-8(12(17)18)3-10(4-9)15-5-7(1-11(15)16)6-21(14,19)20/h2-4,7H,1,5-6H2,(H,17,18). The van der Waals surface area contributed by atoms with E-state index in [0.717, 1.165) is 0 Å². The van der Waals surface area contributed by atoms with Gasteiger partial charge in [0.05, 0.1) is 11.3 Å². The van der Waals surface area contributed by atoms with Crippen LogP contribution in [0, 0.1) is 5.92 Å². The lowest BCUT2D eigenvalue weighted by molar-refractivity contribution is -0.117. The number of carbonyl (C=O) groups is 2. The van der Waals surface area contributed by atoms with Crippen LogP contribution in [0.1, 0.15) is 16.8 Å². The molecule has 1 amide bonds. The number of carboxylic acids is 1. The third-order valence-corrected chi connectivity index (χ3v) is 4.41. The predicted molar refractivity (Wildman–Crippen MR) is 76.5 cm³/mol. The first-order chi connectivity index (χ1) is 9.65. The molecule has 1 aliphatic heterocycles. The van der Waals surface area contributed by atoms with Crippen LogP contribution in [-0.2, 0) is 15.0 Å². The molecular formula is C12H11BrFNO5S. The summed E-state index contributed by atoms with van der Waals surface area (Å²) in [5.41, 5.74) is 0.333. The van der Waals surface area contributed by atoms with Gasteiger partial charge in [-0.2, -0.15) is 8.42 Å². The Morgan fingerprint density at radius 3 is 2.67 bits per heavy atom. The summed E-state index contributed by atoms with van der Waals surface area (Å²) in [5, 5.41) is 8.99. The molecule has 6 nitrogen and oxygen atoms in total. The van der Waals surface area contributed by atoms with Gasteiger partial charge in [0.15, 0.2) is 0 Å². The number of hydrogen-bond acceptors (Lipinski definition) is 4. The number of hydrogen-bond donors (Lipinski definition) is 1. The first-order valence-electron chi connectivity index (χ1n) is 5.92. The van der Waals surface area contributed by atoms with E-state index in [-0.39, 0.29) is 24.4 Å². The summed E-state index contributed by atoms with van der Waals surface area (Å²) in [6, 6.07) is 4.25. The minimum Gasteiger partial charge on any atom is -0.478 e. The summed E-state index contributed by atoms with van der Waals surface area (Å²) in [6.45, 7) is 0.0392. The summed E-state index contributed by atoms with van der Waals surface area (Å²) >= 11 is 3.16. The van der Waals surface area contributed by atoms with E-state index in [1.165, 1.54) is 17.0 Å². The fourth-order valence-corrected chi connectivity index (χ4v) is 3.55. The Balaban J connectivity index is 2.27. The van der Waals surface area contributed by atoms with E-state index < -0.39 is 27.9 Å². The van der Waals surface area contributed by atoms with Crippen molar-refractivity contribution in [2.45, 2.75) is 6.42 Å². The van der Waals surface area contributed by atoms with Gasteiger partial charge in [-0.1, -0.05) is 15.9 Å². The number of benzene rings is 1.